The summed E-state index contributed by atoms with van der Waals surface area (Å²) in [4.78, 5) is 23.4. The van der Waals surface area contributed by atoms with E-state index in [0.29, 0.717) is 18.6 Å². The van der Waals surface area contributed by atoms with E-state index in [2.05, 4.69) is 5.32 Å². The summed E-state index contributed by atoms with van der Waals surface area (Å²) in [5.41, 5.74) is 2.25. The van der Waals surface area contributed by atoms with E-state index in [1.807, 2.05) is 12.1 Å². The van der Waals surface area contributed by atoms with Crippen LogP contribution in [-0.2, 0) is 9.53 Å². The molecule has 0 amide bonds. The minimum absolute atomic E-state index is 0.239. The van der Waals surface area contributed by atoms with Crippen molar-refractivity contribution in [2.24, 2.45) is 0 Å². The highest BCUT2D eigenvalue weighted by molar-refractivity contribution is 5.95. The number of rotatable bonds is 4. The zero-order valence-electron chi connectivity index (χ0n) is 12.4. The Labute approximate surface area is 125 Å². The lowest BCUT2D eigenvalue weighted by Crippen LogP contribution is -2.05. The van der Waals surface area contributed by atoms with Crippen molar-refractivity contribution in [3.8, 4) is 0 Å². The molecule has 1 aliphatic rings. The highest BCUT2D eigenvalue weighted by Gasteiger charge is 2.13. The zero-order valence-corrected chi connectivity index (χ0v) is 12.4. The number of esters is 1. The Hall–Kier alpha value is -2.10. The van der Waals surface area contributed by atoms with Crippen LogP contribution in [0.15, 0.2) is 36.0 Å². The molecule has 0 aliphatic heterocycles. The first-order valence-corrected chi connectivity index (χ1v) is 7.46. The number of hydrogen-bond donors (Lipinski definition) is 1. The smallest absolute Gasteiger partial charge is 0.338 e. The topological polar surface area (TPSA) is 55.4 Å². The Balaban J connectivity index is 1.99. The van der Waals surface area contributed by atoms with E-state index in [4.69, 9.17) is 4.74 Å². The molecule has 1 aliphatic carbocycles. The van der Waals surface area contributed by atoms with E-state index < -0.39 is 0 Å². The molecular weight excluding hydrogens is 266 g/mol. The number of Topliss-reactive ketones (excluding diaryl/α,β-unsaturated/α-hetero) is 1. The van der Waals surface area contributed by atoms with Crippen molar-refractivity contribution in [3.05, 3.63) is 41.6 Å². The number of nitrogens with one attached hydrogen (secondary N) is 1. The number of benzene rings is 1. The van der Waals surface area contributed by atoms with Crippen LogP contribution in [-0.4, -0.2) is 18.4 Å². The first-order valence-electron chi connectivity index (χ1n) is 7.46. The second kappa shape index (κ2) is 7.62. The molecule has 1 aromatic carbocycles. The van der Waals surface area contributed by atoms with Crippen LogP contribution in [0.25, 0.3) is 0 Å². The number of carbonyl (C=O) groups excluding carboxylic acids is 2. The average molecular weight is 287 g/mol. The predicted molar refractivity (Wildman–Crippen MR) is 82.2 cm³/mol. The van der Waals surface area contributed by atoms with E-state index in [1.165, 1.54) is 0 Å². The lowest BCUT2D eigenvalue weighted by atomic mass is 10.1. The molecule has 0 saturated heterocycles. The third kappa shape index (κ3) is 4.45. The van der Waals surface area contributed by atoms with Gasteiger partial charge in [0.2, 0.25) is 0 Å². The van der Waals surface area contributed by atoms with Gasteiger partial charge in [-0.2, -0.15) is 0 Å². The van der Waals surface area contributed by atoms with Crippen molar-refractivity contribution < 1.29 is 14.3 Å². The van der Waals surface area contributed by atoms with Gasteiger partial charge in [-0.05, 0) is 50.5 Å². The quantitative estimate of drug-likeness (QED) is 0.521. The summed E-state index contributed by atoms with van der Waals surface area (Å²) in [5.74, 6) is -0.0792. The Bertz CT molecular complexity index is 531. The Morgan fingerprint density at radius 2 is 1.90 bits per heavy atom. The molecule has 1 fully saturated rings. The molecule has 1 aromatic rings. The maximum absolute atomic E-state index is 11.9. The van der Waals surface area contributed by atoms with E-state index in [9.17, 15) is 9.59 Å². The highest BCUT2D eigenvalue weighted by Crippen LogP contribution is 2.20. The molecule has 0 radical (unpaired) electrons. The van der Waals surface area contributed by atoms with Crippen molar-refractivity contribution in [1.29, 1.82) is 0 Å². The van der Waals surface area contributed by atoms with Crippen LogP contribution < -0.4 is 5.32 Å². The van der Waals surface area contributed by atoms with Crippen molar-refractivity contribution in [3.63, 3.8) is 0 Å². The Kier molecular flexibility index (Phi) is 5.55. The number of allylic oxidation sites excluding steroid dienone is 1. The van der Waals surface area contributed by atoms with Gasteiger partial charge < -0.3 is 10.1 Å². The lowest BCUT2D eigenvalue weighted by molar-refractivity contribution is -0.115. The minimum Gasteiger partial charge on any atom is -0.462 e. The summed E-state index contributed by atoms with van der Waals surface area (Å²) in [7, 11) is 0. The van der Waals surface area contributed by atoms with Crippen molar-refractivity contribution in [2.45, 2.75) is 39.0 Å². The van der Waals surface area contributed by atoms with Crippen LogP contribution in [0.1, 0.15) is 49.4 Å². The van der Waals surface area contributed by atoms with Gasteiger partial charge in [-0.1, -0.05) is 6.42 Å². The molecule has 4 heteroatoms. The zero-order chi connectivity index (χ0) is 15.1. The highest BCUT2D eigenvalue weighted by atomic mass is 16.5. The molecule has 0 heterocycles. The largest absolute Gasteiger partial charge is 0.462 e. The van der Waals surface area contributed by atoms with E-state index in [0.717, 1.165) is 36.9 Å². The summed E-state index contributed by atoms with van der Waals surface area (Å²) in [6, 6.07) is 7.05. The molecule has 1 saturated carbocycles. The van der Waals surface area contributed by atoms with Gasteiger partial charge >= 0.3 is 5.97 Å². The maximum atomic E-state index is 11.9. The summed E-state index contributed by atoms with van der Waals surface area (Å²) >= 11 is 0. The van der Waals surface area contributed by atoms with E-state index in [-0.39, 0.29) is 11.8 Å². The second-order valence-corrected chi connectivity index (χ2v) is 5.10. The van der Waals surface area contributed by atoms with Gasteiger partial charge in [-0.25, -0.2) is 4.79 Å². The number of ketones is 1. The Morgan fingerprint density at radius 3 is 2.62 bits per heavy atom. The molecule has 2 rings (SSSR count). The van der Waals surface area contributed by atoms with Crippen LogP contribution in [0, 0.1) is 0 Å². The molecule has 0 spiro atoms. The second-order valence-electron chi connectivity index (χ2n) is 5.10. The minimum atomic E-state index is -0.318. The normalized spacial score (nSPS) is 17.4. The molecule has 1 N–H and O–H groups in total. The van der Waals surface area contributed by atoms with Gasteiger partial charge in [-0.15, -0.1) is 0 Å². The van der Waals surface area contributed by atoms with Gasteiger partial charge in [0.1, 0.15) is 0 Å². The summed E-state index contributed by atoms with van der Waals surface area (Å²) in [6.07, 6.45) is 6.47. The van der Waals surface area contributed by atoms with Crippen molar-refractivity contribution in [2.75, 3.05) is 11.9 Å². The van der Waals surface area contributed by atoms with Crippen LogP contribution in [0.2, 0.25) is 0 Å². The average Bonchev–Trinajstić information content (AvgIpc) is 2.70. The van der Waals surface area contributed by atoms with Gasteiger partial charge in [0.15, 0.2) is 5.78 Å². The van der Waals surface area contributed by atoms with Gasteiger partial charge in [0.25, 0.3) is 0 Å². The van der Waals surface area contributed by atoms with E-state index in [1.54, 1.807) is 25.3 Å². The number of carbonyl (C=O) groups is 2. The number of anilines is 1. The SMILES string of the molecule is CCOC(=O)c1ccc(NC=C2CCCCCC2=O)cc1. The van der Waals surface area contributed by atoms with Gasteiger partial charge in [0, 0.05) is 23.9 Å². The third-order valence-electron chi connectivity index (χ3n) is 3.52. The maximum Gasteiger partial charge on any atom is 0.338 e. The number of ether oxygens (including phenoxy) is 1. The van der Waals surface area contributed by atoms with Crippen LogP contribution in [0.5, 0.6) is 0 Å². The summed E-state index contributed by atoms with van der Waals surface area (Å²) in [5, 5.41) is 3.14. The molecular formula is C17H21NO3. The first kappa shape index (κ1) is 15.3. The van der Waals surface area contributed by atoms with Crippen LogP contribution in [0.3, 0.4) is 0 Å². The number of hydrogen-bond acceptors (Lipinski definition) is 4. The summed E-state index contributed by atoms with van der Waals surface area (Å²) in [6.45, 7) is 2.15. The molecule has 0 atom stereocenters. The fourth-order valence-corrected chi connectivity index (χ4v) is 2.32. The molecule has 4 nitrogen and oxygen atoms in total. The molecule has 0 bridgehead atoms. The predicted octanol–water partition coefficient (Wildman–Crippen LogP) is 3.69. The molecule has 0 unspecified atom stereocenters. The lowest BCUT2D eigenvalue weighted by Gasteiger charge is -2.06. The van der Waals surface area contributed by atoms with Gasteiger partial charge in [-0.3, -0.25) is 4.79 Å². The standard InChI is InChI=1S/C17H21NO3/c1-2-21-17(20)13-8-10-15(11-9-13)18-12-14-6-4-3-5-7-16(14)19/h8-12,18H,2-7H2,1H3. The Morgan fingerprint density at radius 1 is 1.19 bits per heavy atom. The fraction of sp³-hybridized carbons (Fsp3) is 0.412. The van der Waals surface area contributed by atoms with Crippen molar-refractivity contribution >= 4 is 17.4 Å². The summed E-state index contributed by atoms with van der Waals surface area (Å²) < 4.78 is 4.93. The first-order chi connectivity index (χ1) is 10.2. The molecule has 21 heavy (non-hydrogen) atoms. The van der Waals surface area contributed by atoms with Crippen LogP contribution in [0.4, 0.5) is 5.69 Å². The van der Waals surface area contributed by atoms with Crippen molar-refractivity contribution in [1.82, 2.24) is 0 Å². The third-order valence-corrected chi connectivity index (χ3v) is 3.52. The van der Waals surface area contributed by atoms with Gasteiger partial charge in [0.05, 0.1) is 12.2 Å². The fourth-order valence-electron chi connectivity index (χ4n) is 2.32. The van der Waals surface area contributed by atoms with E-state index >= 15 is 0 Å². The molecule has 0 aromatic heterocycles. The van der Waals surface area contributed by atoms with Crippen LogP contribution >= 0.6 is 0 Å². The monoisotopic (exact) mass is 287 g/mol. The molecule has 112 valence electrons.